The van der Waals surface area contributed by atoms with Crippen LogP contribution in [0.15, 0.2) is 0 Å². The highest BCUT2D eigenvalue weighted by Crippen LogP contribution is 2.58. The van der Waals surface area contributed by atoms with Crippen LogP contribution in [0.5, 0.6) is 0 Å². The van der Waals surface area contributed by atoms with Gasteiger partial charge in [-0.3, -0.25) is 4.79 Å². The lowest BCUT2D eigenvalue weighted by Crippen LogP contribution is -2.47. The van der Waals surface area contributed by atoms with Crippen molar-refractivity contribution >= 4 is 5.91 Å². The van der Waals surface area contributed by atoms with Gasteiger partial charge in [-0.2, -0.15) is 0 Å². The first-order valence-corrected chi connectivity index (χ1v) is 10.7. The molecule has 3 aliphatic carbocycles. The van der Waals surface area contributed by atoms with E-state index in [0.717, 1.165) is 17.9 Å². The van der Waals surface area contributed by atoms with Gasteiger partial charge in [0.15, 0.2) is 0 Å². The topological polar surface area (TPSA) is 32.3 Å². The van der Waals surface area contributed by atoms with Crippen LogP contribution in [-0.2, 0) is 4.79 Å². The average Bonchev–Trinajstić information content (AvgIpc) is 2.90. The lowest BCUT2D eigenvalue weighted by atomic mass is 9.65. The number of carbonyl (C=O) groups is 1. The maximum atomic E-state index is 11.7. The van der Waals surface area contributed by atoms with E-state index in [2.05, 4.69) is 10.2 Å². The molecule has 136 valence electrons. The van der Waals surface area contributed by atoms with Crippen LogP contribution >= 0.6 is 0 Å². The molecule has 3 unspecified atom stereocenters. The molecule has 1 amide bonds. The van der Waals surface area contributed by atoms with Crippen molar-refractivity contribution < 1.29 is 4.79 Å². The van der Waals surface area contributed by atoms with E-state index in [1.807, 2.05) is 0 Å². The van der Waals surface area contributed by atoms with Gasteiger partial charge in [0.05, 0.1) is 0 Å². The Morgan fingerprint density at radius 1 is 0.958 bits per heavy atom. The van der Waals surface area contributed by atoms with E-state index in [9.17, 15) is 4.79 Å². The van der Waals surface area contributed by atoms with E-state index in [1.54, 1.807) is 6.92 Å². The molecule has 24 heavy (non-hydrogen) atoms. The monoisotopic (exact) mass is 332 g/mol. The lowest BCUT2D eigenvalue weighted by Gasteiger charge is -2.48. The molecule has 0 bridgehead atoms. The lowest BCUT2D eigenvalue weighted by molar-refractivity contribution is -0.120. The van der Waals surface area contributed by atoms with Gasteiger partial charge in [-0.25, -0.2) is 0 Å². The second kappa shape index (κ2) is 6.97. The molecule has 3 saturated carbocycles. The van der Waals surface area contributed by atoms with Gasteiger partial charge in [0.1, 0.15) is 0 Å². The second-order valence-electron chi connectivity index (χ2n) is 9.26. The Kier molecular flexibility index (Phi) is 4.90. The number of carbonyl (C=O) groups excluding carboxylic acids is 1. The summed E-state index contributed by atoms with van der Waals surface area (Å²) in [7, 11) is 0. The third kappa shape index (κ3) is 3.13. The van der Waals surface area contributed by atoms with Crippen molar-refractivity contribution in [2.75, 3.05) is 13.1 Å². The van der Waals surface area contributed by atoms with Crippen LogP contribution in [0.4, 0.5) is 0 Å². The fourth-order valence-corrected chi connectivity index (χ4v) is 6.92. The SMILES string of the molecule is CC(=O)NC1CC2(CCN(C3CCCCC3)CC2)C2CCCCC12. The second-order valence-corrected chi connectivity index (χ2v) is 9.26. The summed E-state index contributed by atoms with van der Waals surface area (Å²) in [6, 6.07) is 1.35. The van der Waals surface area contributed by atoms with Crippen LogP contribution in [0.25, 0.3) is 0 Å². The molecule has 1 aliphatic heterocycles. The molecule has 3 heteroatoms. The van der Waals surface area contributed by atoms with E-state index in [4.69, 9.17) is 0 Å². The van der Waals surface area contributed by atoms with Crippen molar-refractivity contribution in [3.63, 3.8) is 0 Å². The summed E-state index contributed by atoms with van der Waals surface area (Å²) in [5, 5.41) is 3.33. The smallest absolute Gasteiger partial charge is 0.217 e. The van der Waals surface area contributed by atoms with E-state index >= 15 is 0 Å². The maximum absolute atomic E-state index is 11.7. The highest BCUT2D eigenvalue weighted by molar-refractivity contribution is 5.73. The Morgan fingerprint density at radius 2 is 1.62 bits per heavy atom. The first kappa shape index (κ1) is 16.9. The van der Waals surface area contributed by atoms with Crippen molar-refractivity contribution in [2.45, 2.75) is 96.1 Å². The third-order valence-corrected chi connectivity index (χ3v) is 8.02. The van der Waals surface area contributed by atoms with Gasteiger partial charge in [0.25, 0.3) is 0 Å². The van der Waals surface area contributed by atoms with E-state index in [-0.39, 0.29) is 5.91 Å². The number of hydrogen-bond donors (Lipinski definition) is 1. The number of likely N-dealkylation sites (tertiary alicyclic amines) is 1. The maximum Gasteiger partial charge on any atom is 0.217 e. The Bertz CT molecular complexity index is 449. The molecule has 0 radical (unpaired) electrons. The Labute approximate surface area is 147 Å². The Balaban J connectivity index is 1.43. The fraction of sp³-hybridized carbons (Fsp3) is 0.952. The van der Waals surface area contributed by atoms with E-state index < -0.39 is 0 Å². The molecular formula is C21H36N2O. The Hall–Kier alpha value is -0.570. The molecule has 4 rings (SSSR count). The van der Waals surface area contributed by atoms with E-state index in [0.29, 0.717) is 11.5 Å². The predicted molar refractivity (Wildman–Crippen MR) is 97.8 cm³/mol. The zero-order chi connectivity index (χ0) is 16.6. The van der Waals surface area contributed by atoms with Crippen LogP contribution in [0.3, 0.4) is 0 Å². The number of piperidine rings is 1. The summed E-state index contributed by atoms with van der Waals surface area (Å²) in [6.07, 6.45) is 16.8. The minimum absolute atomic E-state index is 0.181. The summed E-state index contributed by atoms with van der Waals surface area (Å²) in [4.78, 5) is 14.5. The molecule has 3 nitrogen and oxygen atoms in total. The molecule has 4 aliphatic rings. The zero-order valence-electron chi connectivity index (χ0n) is 15.6. The van der Waals surface area contributed by atoms with Gasteiger partial charge < -0.3 is 10.2 Å². The molecular weight excluding hydrogens is 296 g/mol. The summed E-state index contributed by atoms with van der Waals surface area (Å²) in [5.74, 6) is 1.83. The molecule has 0 aromatic carbocycles. The molecule has 1 N–H and O–H groups in total. The number of rotatable bonds is 2. The number of fused-ring (bicyclic) bond motifs is 2. The molecule has 4 fully saturated rings. The van der Waals surface area contributed by atoms with E-state index in [1.165, 1.54) is 90.1 Å². The van der Waals surface area contributed by atoms with Crippen molar-refractivity contribution in [2.24, 2.45) is 17.3 Å². The van der Waals surface area contributed by atoms with Crippen LogP contribution < -0.4 is 5.32 Å². The fourth-order valence-electron chi connectivity index (χ4n) is 6.92. The largest absolute Gasteiger partial charge is 0.353 e. The van der Waals surface area contributed by atoms with Gasteiger partial charge in [0, 0.05) is 19.0 Å². The molecule has 0 aromatic rings. The summed E-state index contributed by atoms with van der Waals surface area (Å²) >= 11 is 0. The van der Waals surface area contributed by atoms with Crippen LogP contribution in [0.1, 0.15) is 84.0 Å². The molecule has 1 saturated heterocycles. The van der Waals surface area contributed by atoms with Gasteiger partial charge >= 0.3 is 0 Å². The Morgan fingerprint density at radius 3 is 2.33 bits per heavy atom. The number of nitrogens with zero attached hydrogens (tertiary/aromatic N) is 1. The van der Waals surface area contributed by atoms with Crippen molar-refractivity contribution in [1.29, 1.82) is 0 Å². The van der Waals surface area contributed by atoms with Gasteiger partial charge in [-0.15, -0.1) is 0 Å². The quantitative estimate of drug-likeness (QED) is 0.825. The van der Waals surface area contributed by atoms with Crippen molar-refractivity contribution in [3.8, 4) is 0 Å². The number of nitrogens with one attached hydrogen (secondary N) is 1. The minimum atomic E-state index is 0.181. The van der Waals surface area contributed by atoms with Crippen molar-refractivity contribution in [3.05, 3.63) is 0 Å². The zero-order valence-corrected chi connectivity index (χ0v) is 15.6. The normalized spacial score (nSPS) is 37.3. The highest BCUT2D eigenvalue weighted by Gasteiger charge is 2.54. The van der Waals surface area contributed by atoms with Gasteiger partial charge in [-0.05, 0) is 75.3 Å². The number of amides is 1. The number of hydrogen-bond acceptors (Lipinski definition) is 2. The van der Waals surface area contributed by atoms with Crippen molar-refractivity contribution in [1.82, 2.24) is 10.2 Å². The standard InChI is InChI=1S/C21H36N2O/c1-16(24)22-20-15-21(19-10-6-5-9-18(19)20)11-13-23(14-12-21)17-7-3-2-4-8-17/h17-20H,2-15H2,1H3,(H,22,24). The third-order valence-electron chi connectivity index (χ3n) is 8.02. The molecule has 1 spiro atoms. The van der Waals surface area contributed by atoms with Crippen LogP contribution in [0, 0.1) is 17.3 Å². The first-order chi connectivity index (χ1) is 11.7. The molecule has 1 heterocycles. The highest BCUT2D eigenvalue weighted by atomic mass is 16.1. The van der Waals surface area contributed by atoms with Gasteiger partial charge in [0.2, 0.25) is 5.91 Å². The first-order valence-electron chi connectivity index (χ1n) is 10.7. The summed E-state index contributed by atoms with van der Waals surface area (Å²) in [5.41, 5.74) is 0.545. The molecule has 0 aromatic heterocycles. The summed E-state index contributed by atoms with van der Waals surface area (Å²) in [6.45, 7) is 4.34. The average molecular weight is 333 g/mol. The minimum Gasteiger partial charge on any atom is -0.353 e. The van der Waals surface area contributed by atoms with Gasteiger partial charge in [-0.1, -0.05) is 32.1 Å². The summed E-state index contributed by atoms with van der Waals surface area (Å²) < 4.78 is 0. The molecule has 3 atom stereocenters. The van der Waals surface area contributed by atoms with Crippen LogP contribution in [0.2, 0.25) is 0 Å². The van der Waals surface area contributed by atoms with Crippen LogP contribution in [-0.4, -0.2) is 36.0 Å². The predicted octanol–water partition coefficient (Wildman–Crippen LogP) is 4.12.